The number of halogens is 3. The van der Waals surface area contributed by atoms with Gasteiger partial charge < -0.3 is 10.1 Å². The number of nitrogens with one attached hydrogen (secondary N) is 1. The molecule has 6 heteroatoms. The van der Waals surface area contributed by atoms with Crippen LogP contribution >= 0.6 is 43.5 Å². The average molecular weight is 448 g/mol. The highest BCUT2D eigenvalue weighted by molar-refractivity contribution is 9.10. The van der Waals surface area contributed by atoms with Crippen molar-refractivity contribution in [3.8, 4) is 5.75 Å². The standard InChI is InChI=1S/C16H14Br2ClNO2/c1-2-10-3-6-15(12(18)7-10)22-9-16(21)20-14-5-4-11(17)8-13(14)19/h3-8H,2,9H2,1H3,(H,20,21). The highest BCUT2D eigenvalue weighted by Crippen LogP contribution is 2.27. The highest BCUT2D eigenvalue weighted by Gasteiger charge is 2.09. The SMILES string of the molecule is CCc1ccc(OCC(=O)Nc2ccc(Br)cc2Cl)c(Br)c1. The second-order valence-electron chi connectivity index (χ2n) is 4.58. The molecule has 0 saturated carbocycles. The predicted octanol–water partition coefficient (Wildman–Crippen LogP) is 5.44. The Bertz CT molecular complexity index is 692. The van der Waals surface area contributed by atoms with E-state index in [1.807, 2.05) is 24.3 Å². The van der Waals surface area contributed by atoms with Gasteiger partial charge in [-0.2, -0.15) is 0 Å². The second-order valence-corrected chi connectivity index (χ2v) is 6.76. The smallest absolute Gasteiger partial charge is 0.262 e. The number of rotatable bonds is 5. The third-order valence-corrected chi connectivity index (χ3v) is 4.39. The third-order valence-electron chi connectivity index (χ3n) is 2.97. The van der Waals surface area contributed by atoms with Gasteiger partial charge in [-0.05, 0) is 58.2 Å². The van der Waals surface area contributed by atoms with Crippen molar-refractivity contribution in [3.05, 3.63) is 55.9 Å². The number of benzene rings is 2. The molecule has 0 radical (unpaired) electrons. The molecule has 2 rings (SSSR count). The molecule has 0 unspecified atom stereocenters. The van der Waals surface area contributed by atoms with Crippen molar-refractivity contribution < 1.29 is 9.53 Å². The molecule has 0 spiro atoms. The van der Waals surface area contributed by atoms with Crippen molar-refractivity contribution in [1.82, 2.24) is 0 Å². The number of carbonyl (C=O) groups is 1. The van der Waals surface area contributed by atoms with E-state index in [2.05, 4.69) is 44.1 Å². The molecular formula is C16H14Br2ClNO2. The van der Waals surface area contributed by atoms with Crippen molar-refractivity contribution in [3.63, 3.8) is 0 Å². The molecule has 1 N–H and O–H groups in total. The van der Waals surface area contributed by atoms with Crippen LogP contribution in [-0.2, 0) is 11.2 Å². The first kappa shape index (κ1) is 17.3. The number of ether oxygens (including phenoxy) is 1. The summed E-state index contributed by atoms with van der Waals surface area (Å²) in [6, 6.07) is 11.1. The highest BCUT2D eigenvalue weighted by atomic mass is 79.9. The summed E-state index contributed by atoms with van der Waals surface area (Å²) in [5, 5.41) is 3.19. The van der Waals surface area contributed by atoms with Crippen molar-refractivity contribution in [2.75, 3.05) is 11.9 Å². The molecule has 2 aromatic carbocycles. The molecule has 0 saturated heterocycles. The van der Waals surface area contributed by atoms with Crippen molar-refractivity contribution >= 4 is 55.1 Å². The van der Waals surface area contributed by atoms with E-state index in [9.17, 15) is 4.79 Å². The van der Waals surface area contributed by atoms with E-state index >= 15 is 0 Å². The molecule has 22 heavy (non-hydrogen) atoms. The molecule has 116 valence electrons. The summed E-state index contributed by atoms with van der Waals surface area (Å²) >= 11 is 12.8. The maximum Gasteiger partial charge on any atom is 0.262 e. The molecule has 0 atom stereocenters. The fraction of sp³-hybridized carbons (Fsp3) is 0.188. The number of carbonyl (C=O) groups excluding carboxylic acids is 1. The Hall–Kier alpha value is -1.04. The molecule has 0 aliphatic heterocycles. The van der Waals surface area contributed by atoms with E-state index in [1.54, 1.807) is 12.1 Å². The number of anilines is 1. The van der Waals surface area contributed by atoms with Gasteiger partial charge in [0.05, 0.1) is 15.2 Å². The van der Waals surface area contributed by atoms with Crippen LogP contribution in [-0.4, -0.2) is 12.5 Å². The maximum atomic E-state index is 11.9. The predicted molar refractivity (Wildman–Crippen MR) is 96.8 cm³/mol. The molecule has 0 aliphatic rings. The Balaban J connectivity index is 1.95. The topological polar surface area (TPSA) is 38.3 Å². The molecule has 0 fully saturated rings. The lowest BCUT2D eigenvalue weighted by molar-refractivity contribution is -0.118. The Morgan fingerprint density at radius 1 is 1.23 bits per heavy atom. The summed E-state index contributed by atoms with van der Waals surface area (Å²) in [6.45, 7) is 1.99. The number of amides is 1. The zero-order valence-electron chi connectivity index (χ0n) is 11.8. The minimum Gasteiger partial charge on any atom is -0.483 e. The van der Waals surface area contributed by atoms with E-state index in [1.165, 1.54) is 5.56 Å². The molecule has 0 aliphatic carbocycles. The van der Waals surface area contributed by atoms with Gasteiger partial charge in [0, 0.05) is 4.47 Å². The summed E-state index contributed by atoms with van der Waals surface area (Å²) in [7, 11) is 0. The van der Waals surface area contributed by atoms with Crippen LogP contribution < -0.4 is 10.1 Å². The minimum absolute atomic E-state index is 0.0868. The van der Waals surface area contributed by atoms with E-state index in [0.717, 1.165) is 15.4 Å². The minimum atomic E-state index is -0.268. The van der Waals surface area contributed by atoms with Crippen molar-refractivity contribution in [2.45, 2.75) is 13.3 Å². The fourth-order valence-electron chi connectivity index (χ4n) is 1.80. The van der Waals surface area contributed by atoms with Crippen LogP contribution in [0.1, 0.15) is 12.5 Å². The van der Waals surface area contributed by atoms with Gasteiger partial charge in [0.25, 0.3) is 5.91 Å². The lowest BCUT2D eigenvalue weighted by atomic mass is 10.2. The van der Waals surface area contributed by atoms with E-state index in [-0.39, 0.29) is 12.5 Å². The van der Waals surface area contributed by atoms with Crippen LogP contribution in [0.15, 0.2) is 45.3 Å². The first-order valence-electron chi connectivity index (χ1n) is 6.65. The van der Waals surface area contributed by atoms with E-state index in [4.69, 9.17) is 16.3 Å². The fourth-order valence-corrected chi connectivity index (χ4v) is 3.06. The van der Waals surface area contributed by atoms with Gasteiger partial charge >= 0.3 is 0 Å². The molecular weight excluding hydrogens is 433 g/mol. The summed E-state index contributed by atoms with van der Waals surface area (Å²) in [5.41, 5.74) is 1.75. The number of hydrogen-bond acceptors (Lipinski definition) is 2. The third kappa shape index (κ3) is 4.73. The monoisotopic (exact) mass is 445 g/mol. The Labute approximate surface area is 151 Å². The summed E-state index contributed by atoms with van der Waals surface area (Å²) in [5.74, 6) is 0.366. The van der Waals surface area contributed by atoms with Gasteiger partial charge in [0.2, 0.25) is 0 Å². The van der Waals surface area contributed by atoms with Crippen LogP contribution in [0.25, 0.3) is 0 Å². The molecule has 1 amide bonds. The first-order chi connectivity index (χ1) is 10.5. The normalized spacial score (nSPS) is 10.4. The largest absolute Gasteiger partial charge is 0.483 e. The van der Waals surface area contributed by atoms with Gasteiger partial charge in [0.15, 0.2) is 6.61 Å². The van der Waals surface area contributed by atoms with Gasteiger partial charge in [0.1, 0.15) is 5.75 Å². The van der Waals surface area contributed by atoms with Gasteiger partial charge in [-0.3, -0.25) is 4.79 Å². The number of hydrogen-bond donors (Lipinski definition) is 1. The molecule has 0 bridgehead atoms. The lowest BCUT2D eigenvalue weighted by Gasteiger charge is -2.11. The first-order valence-corrected chi connectivity index (χ1v) is 8.62. The van der Waals surface area contributed by atoms with Crippen LogP contribution in [0.5, 0.6) is 5.75 Å². The lowest BCUT2D eigenvalue weighted by Crippen LogP contribution is -2.20. The van der Waals surface area contributed by atoms with Crippen LogP contribution in [0.3, 0.4) is 0 Å². The zero-order valence-corrected chi connectivity index (χ0v) is 15.8. The van der Waals surface area contributed by atoms with Gasteiger partial charge in [-0.25, -0.2) is 0 Å². The van der Waals surface area contributed by atoms with Gasteiger partial charge in [-0.1, -0.05) is 40.5 Å². The molecule has 0 aromatic heterocycles. The summed E-state index contributed by atoms with van der Waals surface area (Å²) in [4.78, 5) is 11.9. The van der Waals surface area contributed by atoms with Crippen LogP contribution in [0.2, 0.25) is 5.02 Å². The quantitative estimate of drug-likeness (QED) is 0.662. The average Bonchev–Trinajstić information content (AvgIpc) is 2.48. The summed E-state index contributed by atoms with van der Waals surface area (Å²) < 4.78 is 7.21. The van der Waals surface area contributed by atoms with E-state index in [0.29, 0.717) is 16.5 Å². The van der Waals surface area contributed by atoms with Crippen LogP contribution in [0.4, 0.5) is 5.69 Å². The van der Waals surface area contributed by atoms with E-state index < -0.39 is 0 Å². The Morgan fingerprint density at radius 3 is 2.64 bits per heavy atom. The Morgan fingerprint density at radius 2 is 2.00 bits per heavy atom. The van der Waals surface area contributed by atoms with Crippen molar-refractivity contribution in [1.29, 1.82) is 0 Å². The second kappa shape index (κ2) is 7.99. The summed E-state index contributed by atoms with van der Waals surface area (Å²) in [6.07, 6.45) is 0.946. The Kier molecular flexibility index (Phi) is 6.29. The molecule has 2 aromatic rings. The van der Waals surface area contributed by atoms with Crippen LogP contribution in [0, 0.1) is 0 Å². The van der Waals surface area contributed by atoms with Crippen molar-refractivity contribution in [2.24, 2.45) is 0 Å². The molecule has 0 heterocycles. The number of aryl methyl sites for hydroxylation is 1. The van der Waals surface area contributed by atoms with Gasteiger partial charge in [-0.15, -0.1) is 0 Å². The maximum absolute atomic E-state index is 11.9. The zero-order chi connectivity index (χ0) is 16.1. The molecule has 3 nitrogen and oxygen atoms in total.